The molecule has 1 aliphatic heterocycles. The van der Waals surface area contributed by atoms with Crippen molar-refractivity contribution in [2.24, 2.45) is 22.2 Å². The molecule has 1 N–H and O–H groups in total. The molecule has 5 nitrogen and oxygen atoms in total. The van der Waals surface area contributed by atoms with Crippen LogP contribution in [0.4, 0.5) is 0 Å². The second-order valence-electron chi connectivity index (χ2n) is 11.2. The average molecular weight is 445 g/mol. The molecule has 2 aliphatic rings. The molecule has 1 spiro atoms. The van der Waals surface area contributed by atoms with Gasteiger partial charge in [-0.15, -0.1) is 0 Å². The first kappa shape index (κ1) is 26.3. The molecule has 0 saturated heterocycles. The number of unbranched alkanes of at least 4 members (excludes halogenated alkanes) is 1. The Hall–Kier alpha value is -1.91. The molecule has 1 aliphatic carbocycles. The lowest BCUT2D eigenvalue weighted by Crippen LogP contribution is -2.54. The van der Waals surface area contributed by atoms with E-state index in [-0.39, 0.29) is 22.9 Å². The number of carboxylic acid groups (broad SMARTS) is 1. The van der Waals surface area contributed by atoms with E-state index >= 15 is 0 Å². The van der Waals surface area contributed by atoms with Gasteiger partial charge in [0.05, 0.1) is 5.57 Å². The van der Waals surface area contributed by atoms with E-state index < -0.39 is 11.6 Å². The molecule has 0 unspecified atom stereocenters. The lowest BCUT2D eigenvalue weighted by Gasteiger charge is -2.47. The Kier molecular flexibility index (Phi) is 8.90. The Labute approximate surface area is 195 Å². The summed E-state index contributed by atoms with van der Waals surface area (Å²) < 4.78 is 0. The summed E-state index contributed by atoms with van der Waals surface area (Å²) in [5.41, 5.74) is 0.638. The number of aliphatic imine (C=N–C) groups is 1. The van der Waals surface area contributed by atoms with Crippen molar-refractivity contribution in [2.75, 3.05) is 0 Å². The van der Waals surface area contributed by atoms with Gasteiger partial charge in [0.25, 0.3) is 5.91 Å². The SMILES string of the molecule is C=C(/C=C\C[C@@H](CCCC)N1C(=O)C(CC(C)C)=NC12CCC(C(C)(C)C)CC2)C(=O)O. The minimum absolute atomic E-state index is 0.0277. The van der Waals surface area contributed by atoms with E-state index in [0.717, 1.165) is 50.7 Å². The van der Waals surface area contributed by atoms with Gasteiger partial charge in [-0.3, -0.25) is 9.79 Å². The number of carboxylic acids is 1. The van der Waals surface area contributed by atoms with Gasteiger partial charge in [0, 0.05) is 6.04 Å². The number of hydrogen-bond donors (Lipinski definition) is 1. The number of hydrogen-bond acceptors (Lipinski definition) is 3. The van der Waals surface area contributed by atoms with Gasteiger partial charge in [-0.05, 0) is 62.2 Å². The van der Waals surface area contributed by atoms with Crippen molar-refractivity contribution in [1.29, 1.82) is 0 Å². The maximum Gasteiger partial charge on any atom is 0.335 e. The molecule has 32 heavy (non-hydrogen) atoms. The molecular formula is C27H44N2O3. The van der Waals surface area contributed by atoms with Crippen LogP contribution in [0.5, 0.6) is 0 Å². The Bertz CT molecular complexity index is 749. The topological polar surface area (TPSA) is 70.0 Å². The molecule has 0 aromatic heterocycles. The quantitative estimate of drug-likeness (QED) is 0.313. The first-order valence-corrected chi connectivity index (χ1v) is 12.4. The summed E-state index contributed by atoms with van der Waals surface area (Å²) in [4.78, 5) is 32.0. The van der Waals surface area contributed by atoms with E-state index in [2.05, 4.69) is 53.0 Å². The molecule has 2 rings (SSSR count). The predicted molar refractivity (Wildman–Crippen MR) is 132 cm³/mol. The van der Waals surface area contributed by atoms with Crippen molar-refractivity contribution < 1.29 is 14.7 Å². The van der Waals surface area contributed by atoms with Crippen LogP contribution in [0.3, 0.4) is 0 Å². The fourth-order valence-electron chi connectivity index (χ4n) is 5.24. The minimum Gasteiger partial charge on any atom is -0.478 e. The zero-order valence-electron chi connectivity index (χ0n) is 21.1. The molecule has 1 heterocycles. The molecule has 5 heteroatoms. The van der Waals surface area contributed by atoms with E-state index in [0.29, 0.717) is 24.7 Å². The molecule has 0 radical (unpaired) electrons. The van der Waals surface area contributed by atoms with Crippen molar-refractivity contribution in [2.45, 2.75) is 111 Å². The standard InChI is InChI=1S/C27H44N2O3/c1-8-9-12-22(13-10-11-20(4)25(31)32)29-24(30)23(18-19(2)3)28-27(29)16-14-21(15-17-27)26(5,6)7/h10-11,19,21-22H,4,8-9,12-18H2,1-3,5-7H3,(H,31,32)/b11-10-/t21?,22-,27?/m1/s1. The highest BCUT2D eigenvalue weighted by molar-refractivity contribution is 6.40. The van der Waals surface area contributed by atoms with Crippen LogP contribution < -0.4 is 0 Å². The Morgan fingerprint density at radius 3 is 2.44 bits per heavy atom. The number of carbonyl (C=O) groups is 2. The first-order valence-electron chi connectivity index (χ1n) is 12.4. The molecule has 0 aromatic rings. The molecule has 1 fully saturated rings. The lowest BCUT2D eigenvalue weighted by atomic mass is 9.69. The van der Waals surface area contributed by atoms with Crippen LogP contribution in [-0.2, 0) is 9.59 Å². The van der Waals surface area contributed by atoms with Crippen LogP contribution in [0, 0.1) is 17.3 Å². The van der Waals surface area contributed by atoms with E-state index in [1.807, 2.05) is 6.08 Å². The summed E-state index contributed by atoms with van der Waals surface area (Å²) in [6.45, 7) is 17.0. The van der Waals surface area contributed by atoms with Gasteiger partial charge in [0.15, 0.2) is 0 Å². The first-order chi connectivity index (χ1) is 14.9. The predicted octanol–water partition coefficient (Wildman–Crippen LogP) is 6.39. The Morgan fingerprint density at radius 1 is 1.31 bits per heavy atom. The lowest BCUT2D eigenvalue weighted by molar-refractivity contribution is -0.134. The maximum absolute atomic E-state index is 13.7. The Morgan fingerprint density at radius 2 is 1.94 bits per heavy atom. The largest absolute Gasteiger partial charge is 0.478 e. The number of nitrogens with zero attached hydrogens (tertiary/aromatic N) is 2. The van der Waals surface area contributed by atoms with Gasteiger partial charge in [-0.1, -0.05) is 73.1 Å². The molecule has 180 valence electrons. The van der Waals surface area contributed by atoms with Gasteiger partial charge < -0.3 is 10.0 Å². The molecule has 1 amide bonds. The fraction of sp³-hybridized carbons (Fsp3) is 0.741. The molecule has 0 bridgehead atoms. The fourth-order valence-corrected chi connectivity index (χ4v) is 5.24. The summed E-state index contributed by atoms with van der Waals surface area (Å²) in [5.74, 6) is 0.110. The third-order valence-electron chi connectivity index (χ3n) is 7.13. The van der Waals surface area contributed by atoms with Crippen LogP contribution in [-0.4, -0.2) is 39.3 Å². The van der Waals surface area contributed by atoms with Crippen LogP contribution in [0.15, 0.2) is 29.3 Å². The van der Waals surface area contributed by atoms with Crippen molar-refractivity contribution in [3.8, 4) is 0 Å². The smallest absolute Gasteiger partial charge is 0.335 e. The molecule has 1 atom stereocenters. The molecule has 0 aromatic carbocycles. The van der Waals surface area contributed by atoms with Gasteiger partial charge in [0.1, 0.15) is 11.4 Å². The molecular weight excluding hydrogens is 400 g/mol. The van der Waals surface area contributed by atoms with Crippen LogP contribution in [0.1, 0.15) is 99.3 Å². The zero-order chi connectivity index (χ0) is 24.1. The highest BCUT2D eigenvalue weighted by Crippen LogP contribution is 2.47. The van der Waals surface area contributed by atoms with Crippen molar-refractivity contribution >= 4 is 17.6 Å². The molecule has 1 saturated carbocycles. The van der Waals surface area contributed by atoms with Crippen LogP contribution >= 0.6 is 0 Å². The number of aliphatic carboxylic acids is 1. The minimum atomic E-state index is -1.01. The van der Waals surface area contributed by atoms with E-state index in [9.17, 15) is 9.59 Å². The number of rotatable bonds is 10. The van der Waals surface area contributed by atoms with Gasteiger partial charge in [-0.25, -0.2) is 4.79 Å². The van der Waals surface area contributed by atoms with Crippen LogP contribution in [0.2, 0.25) is 0 Å². The highest BCUT2D eigenvalue weighted by Gasteiger charge is 2.51. The highest BCUT2D eigenvalue weighted by atomic mass is 16.4. The second-order valence-corrected chi connectivity index (χ2v) is 11.2. The number of carbonyl (C=O) groups excluding carboxylic acids is 1. The Balaban J connectivity index is 2.34. The summed E-state index contributed by atoms with van der Waals surface area (Å²) in [6, 6.07) is 0.0277. The summed E-state index contributed by atoms with van der Waals surface area (Å²) in [7, 11) is 0. The monoisotopic (exact) mass is 444 g/mol. The van der Waals surface area contributed by atoms with Gasteiger partial charge in [-0.2, -0.15) is 0 Å². The third-order valence-corrected chi connectivity index (χ3v) is 7.13. The summed E-state index contributed by atoms with van der Waals surface area (Å²) in [6.07, 6.45) is 11.8. The van der Waals surface area contributed by atoms with E-state index in [1.165, 1.54) is 0 Å². The summed E-state index contributed by atoms with van der Waals surface area (Å²) >= 11 is 0. The van der Waals surface area contributed by atoms with E-state index in [4.69, 9.17) is 10.1 Å². The second kappa shape index (κ2) is 10.8. The van der Waals surface area contributed by atoms with Crippen molar-refractivity contribution in [3.05, 3.63) is 24.3 Å². The van der Waals surface area contributed by atoms with Gasteiger partial charge >= 0.3 is 5.97 Å². The maximum atomic E-state index is 13.7. The summed E-state index contributed by atoms with van der Waals surface area (Å²) in [5, 5.41) is 9.12. The third kappa shape index (κ3) is 6.32. The normalized spacial score (nSPS) is 25.1. The van der Waals surface area contributed by atoms with Crippen molar-refractivity contribution in [3.63, 3.8) is 0 Å². The zero-order valence-corrected chi connectivity index (χ0v) is 21.1. The van der Waals surface area contributed by atoms with Gasteiger partial charge in [0.2, 0.25) is 0 Å². The average Bonchev–Trinajstić information content (AvgIpc) is 2.94. The van der Waals surface area contributed by atoms with Crippen molar-refractivity contribution in [1.82, 2.24) is 4.90 Å². The van der Waals surface area contributed by atoms with E-state index in [1.54, 1.807) is 6.08 Å². The van der Waals surface area contributed by atoms with Crippen LogP contribution in [0.25, 0.3) is 0 Å². The number of amides is 1.